The van der Waals surface area contributed by atoms with Crippen molar-refractivity contribution in [1.82, 2.24) is 40.8 Å². The summed E-state index contributed by atoms with van der Waals surface area (Å²) < 4.78 is 20.2. The number of hydrogen-bond acceptors (Lipinski definition) is 12. The predicted octanol–water partition coefficient (Wildman–Crippen LogP) is 0.516. The first-order chi connectivity index (χ1) is 20.9. The Hall–Kier alpha value is -3.02. The summed E-state index contributed by atoms with van der Waals surface area (Å²) in [4.78, 5) is 49.0. The highest BCUT2D eigenvalue weighted by Crippen LogP contribution is 2.36. The largest absolute Gasteiger partial charge is 0.457 e. The maximum atomic E-state index is 13.0. The van der Waals surface area contributed by atoms with Gasteiger partial charge in [0.1, 0.15) is 17.9 Å². The molecule has 232 valence electrons. The maximum Gasteiger partial charge on any atom is 0.315 e. The summed E-state index contributed by atoms with van der Waals surface area (Å²) >= 11 is 3.65. The van der Waals surface area contributed by atoms with Gasteiger partial charge in [0.15, 0.2) is 17.7 Å². The van der Waals surface area contributed by atoms with E-state index in [1.165, 1.54) is 6.33 Å². The van der Waals surface area contributed by atoms with Gasteiger partial charge in [-0.2, -0.15) is 23.5 Å². The summed E-state index contributed by atoms with van der Waals surface area (Å²) in [7, 11) is 0. The van der Waals surface area contributed by atoms with E-state index in [0.29, 0.717) is 48.9 Å². The number of carbonyl (C=O) groups excluding carboxylic acids is 3. The van der Waals surface area contributed by atoms with Crippen molar-refractivity contribution in [2.24, 2.45) is 0 Å². The number of ether oxygens (including phenoxy) is 3. The Morgan fingerprint density at radius 3 is 2.53 bits per heavy atom. The van der Waals surface area contributed by atoms with Crippen molar-refractivity contribution in [3.63, 3.8) is 0 Å². The molecule has 4 amide bonds. The van der Waals surface area contributed by atoms with Gasteiger partial charge in [0.25, 0.3) is 0 Å². The van der Waals surface area contributed by atoms with Crippen LogP contribution < -0.4 is 27.0 Å². The van der Waals surface area contributed by atoms with E-state index in [2.05, 4.69) is 36.2 Å². The van der Waals surface area contributed by atoms with Crippen LogP contribution in [0.2, 0.25) is 0 Å². The minimum absolute atomic E-state index is 0.0492. The number of fused-ring (bicyclic) bond motifs is 3. The quantitative estimate of drug-likeness (QED) is 0.131. The van der Waals surface area contributed by atoms with Crippen LogP contribution in [-0.4, -0.2) is 109 Å². The van der Waals surface area contributed by atoms with Gasteiger partial charge in [-0.15, -0.1) is 0 Å². The molecule has 17 heteroatoms. The Kier molecular flexibility index (Phi) is 8.13. The number of nitrogens with one attached hydrogen (secondary N) is 4. The normalized spacial score (nSPS) is 34.5. The Labute approximate surface area is 255 Å². The highest BCUT2D eigenvalue weighted by atomic mass is 32.2. The van der Waals surface area contributed by atoms with Gasteiger partial charge in [-0.3, -0.25) is 9.36 Å². The minimum atomic E-state index is -0.647. The molecule has 9 atom stereocenters. The van der Waals surface area contributed by atoms with E-state index in [4.69, 9.17) is 19.9 Å². The maximum absolute atomic E-state index is 13.0. The lowest BCUT2D eigenvalue weighted by Gasteiger charge is -2.21. The smallest absolute Gasteiger partial charge is 0.315 e. The number of thioether (sulfide) groups is 2. The number of nitrogen functional groups attached to an aromatic ring is 1. The van der Waals surface area contributed by atoms with Gasteiger partial charge < -0.3 is 41.2 Å². The second kappa shape index (κ2) is 12.2. The highest BCUT2D eigenvalue weighted by Gasteiger charge is 2.45. The first-order valence-corrected chi connectivity index (χ1v) is 16.8. The van der Waals surface area contributed by atoms with Crippen LogP contribution in [0.15, 0.2) is 12.7 Å². The van der Waals surface area contributed by atoms with E-state index in [-0.39, 0.29) is 59.4 Å². The fraction of sp³-hybridized carbons (Fsp3) is 0.692. The fourth-order valence-corrected chi connectivity index (χ4v) is 9.51. The van der Waals surface area contributed by atoms with Crippen LogP contribution in [0.3, 0.4) is 0 Å². The third kappa shape index (κ3) is 5.91. The second-order valence-corrected chi connectivity index (χ2v) is 14.1. The molecule has 5 aliphatic rings. The van der Waals surface area contributed by atoms with Gasteiger partial charge in [-0.25, -0.2) is 24.5 Å². The van der Waals surface area contributed by atoms with E-state index in [9.17, 15) is 14.4 Å². The number of esters is 1. The topological polar surface area (TPSA) is 197 Å². The molecule has 0 saturated carbocycles. The number of nitrogens with two attached hydrogens (primary N) is 1. The predicted molar refractivity (Wildman–Crippen MR) is 158 cm³/mol. The standard InChI is InChI=1S/C26H35N9O6S2/c27-22-21-23(29-10-28-22)35(11-30-21)24-15(5-12(40-24)6-39-7-17-20-14(9-43-17)32-26(38)34-20)41-18(36)4-2-1-3-16-19-13(8-42-16)31-25(37)33-19/h10-17,19-20,24H,1-9H2,(H2,27,28,29)(H2,31,33,37)(H2,32,34,38)/t12-,13-,14-,15?,16-,17-,19-,20-,24+/m0/s1. The molecule has 5 fully saturated rings. The van der Waals surface area contributed by atoms with Gasteiger partial charge in [0, 0.05) is 29.6 Å². The summed E-state index contributed by atoms with van der Waals surface area (Å²) in [5, 5.41) is 12.4. The van der Waals surface area contributed by atoms with Crippen LogP contribution in [0.5, 0.6) is 0 Å². The Morgan fingerprint density at radius 1 is 1.00 bits per heavy atom. The van der Waals surface area contributed by atoms with E-state index in [1.807, 2.05) is 11.8 Å². The average molecular weight is 634 g/mol. The lowest BCUT2D eigenvalue weighted by Crippen LogP contribution is -2.39. The van der Waals surface area contributed by atoms with Crippen LogP contribution in [0.1, 0.15) is 38.3 Å². The molecule has 2 aromatic rings. The van der Waals surface area contributed by atoms with Gasteiger partial charge >= 0.3 is 18.0 Å². The van der Waals surface area contributed by atoms with Crippen molar-refractivity contribution < 1.29 is 28.6 Å². The van der Waals surface area contributed by atoms with Crippen molar-refractivity contribution >= 4 is 58.5 Å². The van der Waals surface area contributed by atoms with Crippen molar-refractivity contribution in [3.8, 4) is 0 Å². The molecule has 5 aliphatic heterocycles. The van der Waals surface area contributed by atoms with Crippen LogP contribution in [-0.2, 0) is 19.0 Å². The van der Waals surface area contributed by atoms with E-state index >= 15 is 0 Å². The molecule has 6 N–H and O–H groups in total. The first-order valence-electron chi connectivity index (χ1n) is 14.7. The van der Waals surface area contributed by atoms with Crippen LogP contribution in [0, 0.1) is 0 Å². The molecule has 2 aromatic heterocycles. The number of amides is 4. The summed E-state index contributed by atoms with van der Waals surface area (Å²) in [6.07, 6.45) is 4.66. The van der Waals surface area contributed by atoms with E-state index in [1.54, 1.807) is 22.7 Å². The summed E-state index contributed by atoms with van der Waals surface area (Å²) in [5.74, 6) is 1.74. The number of hydrogen-bond donors (Lipinski definition) is 5. The molecular formula is C26H35N9O6S2. The van der Waals surface area contributed by atoms with Crippen molar-refractivity contribution in [2.75, 3.05) is 30.5 Å². The highest BCUT2D eigenvalue weighted by molar-refractivity contribution is 8.00. The van der Waals surface area contributed by atoms with Gasteiger partial charge in [-0.05, 0) is 12.8 Å². The van der Waals surface area contributed by atoms with Gasteiger partial charge in [-0.1, -0.05) is 6.42 Å². The Balaban J connectivity index is 0.942. The molecule has 0 aromatic carbocycles. The lowest BCUT2D eigenvalue weighted by molar-refractivity contribution is -0.155. The third-order valence-electron chi connectivity index (χ3n) is 8.67. The molecule has 7 rings (SSSR count). The SMILES string of the molecule is Nc1ncnc2c1ncn2[C@@H]1O[C@H](COC[C@@H]2SC[C@@H]3NC(=O)N[C@@H]32)CC1OC(=O)CCCC[C@@H]1SC[C@@H]2NC(=O)N[C@@H]21. The number of carbonyl (C=O) groups is 3. The number of anilines is 1. The van der Waals surface area contributed by atoms with Crippen LogP contribution >= 0.6 is 23.5 Å². The Bertz CT molecular complexity index is 1380. The zero-order valence-corrected chi connectivity index (χ0v) is 25.0. The summed E-state index contributed by atoms with van der Waals surface area (Å²) in [6, 6.07) is 0.303. The lowest BCUT2D eigenvalue weighted by atomic mass is 10.0. The number of nitrogens with zero attached hydrogens (tertiary/aromatic N) is 4. The molecule has 0 aliphatic carbocycles. The van der Waals surface area contributed by atoms with Gasteiger partial charge in [0.2, 0.25) is 0 Å². The summed E-state index contributed by atoms with van der Waals surface area (Å²) in [6.45, 7) is 0.790. The van der Waals surface area contributed by atoms with E-state index < -0.39 is 12.3 Å². The first kappa shape index (κ1) is 28.7. The van der Waals surface area contributed by atoms with Crippen molar-refractivity contribution in [2.45, 2.75) is 85.2 Å². The molecule has 0 bridgehead atoms. The number of urea groups is 2. The molecule has 5 saturated heterocycles. The van der Waals surface area contributed by atoms with Crippen molar-refractivity contribution in [1.29, 1.82) is 0 Å². The third-order valence-corrected chi connectivity index (χ3v) is 11.6. The molecule has 0 spiro atoms. The van der Waals surface area contributed by atoms with Crippen LogP contribution in [0.4, 0.5) is 15.4 Å². The van der Waals surface area contributed by atoms with Crippen molar-refractivity contribution in [3.05, 3.63) is 12.7 Å². The number of rotatable bonds is 11. The number of aromatic nitrogens is 4. The number of imidazole rings is 1. The monoisotopic (exact) mass is 633 g/mol. The molecule has 1 unspecified atom stereocenters. The van der Waals surface area contributed by atoms with Crippen LogP contribution in [0.25, 0.3) is 11.2 Å². The zero-order chi connectivity index (χ0) is 29.5. The summed E-state index contributed by atoms with van der Waals surface area (Å²) in [5.41, 5.74) is 6.95. The molecule has 43 heavy (non-hydrogen) atoms. The minimum Gasteiger partial charge on any atom is -0.457 e. The molecule has 7 heterocycles. The molecule has 0 radical (unpaired) electrons. The van der Waals surface area contributed by atoms with Gasteiger partial charge in [0.05, 0.1) is 55.1 Å². The Morgan fingerprint density at radius 2 is 1.74 bits per heavy atom. The second-order valence-electron chi connectivity index (χ2n) is 11.5. The zero-order valence-electron chi connectivity index (χ0n) is 23.3. The fourth-order valence-electron chi connectivity index (χ4n) is 6.56. The average Bonchev–Trinajstić information content (AvgIpc) is 3.81. The number of unbranched alkanes of at least 4 members (excludes halogenated alkanes) is 1. The molecular weight excluding hydrogens is 598 g/mol. The van der Waals surface area contributed by atoms with E-state index in [0.717, 1.165) is 24.3 Å². The molecule has 15 nitrogen and oxygen atoms in total.